The lowest BCUT2D eigenvalue weighted by Crippen LogP contribution is -2.16. The van der Waals surface area contributed by atoms with Gasteiger partial charge in [0.1, 0.15) is 28.7 Å². The molecule has 0 radical (unpaired) electrons. The summed E-state index contributed by atoms with van der Waals surface area (Å²) in [6.07, 6.45) is 0. The molecule has 0 fully saturated rings. The second kappa shape index (κ2) is 8.05. The number of benzene rings is 3. The molecule has 0 atom stereocenters. The summed E-state index contributed by atoms with van der Waals surface area (Å²) in [7, 11) is 1.55. The molecular weight excluding hydrogens is 376 g/mol. The Morgan fingerprint density at radius 2 is 1.59 bits per heavy atom. The molecule has 1 amide bonds. The number of nitrogens with one attached hydrogen (secondary N) is 1. The average Bonchev–Trinajstić information content (AvgIpc) is 2.64. The molecule has 0 saturated heterocycles. The molecule has 0 aliphatic heterocycles. The highest BCUT2D eigenvalue weighted by Gasteiger charge is 2.19. The smallest absolute Gasteiger partial charge is 0.261 e. The average molecular weight is 390 g/mol. The van der Waals surface area contributed by atoms with Crippen LogP contribution in [0.15, 0.2) is 60.7 Å². The van der Waals surface area contributed by atoms with Crippen LogP contribution >= 0.6 is 11.6 Å². The highest BCUT2D eigenvalue weighted by atomic mass is 35.5. The van der Waals surface area contributed by atoms with Gasteiger partial charge in [0.05, 0.1) is 12.8 Å². The van der Waals surface area contributed by atoms with Crippen LogP contribution in [0.1, 0.15) is 10.4 Å². The van der Waals surface area contributed by atoms with E-state index in [9.17, 15) is 13.6 Å². The van der Waals surface area contributed by atoms with Gasteiger partial charge in [0.15, 0.2) is 5.75 Å². The van der Waals surface area contributed by atoms with Gasteiger partial charge in [-0.1, -0.05) is 17.7 Å². The molecule has 0 aromatic heterocycles. The number of carbonyl (C=O) groups excluding carboxylic acids is 1. The van der Waals surface area contributed by atoms with E-state index in [-0.39, 0.29) is 11.4 Å². The molecule has 0 spiro atoms. The van der Waals surface area contributed by atoms with Crippen LogP contribution in [-0.2, 0) is 0 Å². The molecule has 27 heavy (non-hydrogen) atoms. The number of rotatable bonds is 5. The quantitative estimate of drug-likeness (QED) is 0.611. The maximum atomic E-state index is 13.8. The van der Waals surface area contributed by atoms with Gasteiger partial charge in [-0.25, -0.2) is 8.78 Å². The second-order valence-electron chi connectivity index (χ2n) is 5.47. The Morgan fingerprint density at radius 3 is 2.22 bits per heavy atom. The molecule has 3 aromatic carbocycles. The van der Waals surface area contributed by atoms with Crippen LogP contribution in [0.5, 0.6) is 17.2 Å². The fourth-order valence-electron chi connectivity index (χ4n) is 2.36. The van der Waals surface area contributed by atoms with Crippen molar-refractivity contribution in [2.45, 2.75) is 0 Å². The van der Waals surface area contributed by atoms with Gasteiger partial charge in [0, 0.05) is 5.02 Å². The van der Waals surface area contributed by atoms with Crippen LogP contribution in [-0.4, -0.2) is 13.0 Å². The zero-order chi connectivity index (χ0) is 19.4. The Hall–Kier alpha value is -3.12. The number of halogens is 3. The van der Waals surface area contributed by atoms with E-state index in [0.29, 0.717) is 16.5 Å². The van der Waals surface area contributed by atoms with Crippen LogP contribution in [0.3, 0.4) is 0 Å². The highest BCUT2D eigenvalue weighted by molar-refractivity contribution is 6.31. The van der Waals surface area contributed by atoms with Crippen molar-refractivity contribution >= 4 is 23.2 Å². The van der Waals surface area contributed by atoms with Gasteiger partial charge in [-0.15, -0.1) is 0 Å². The Bertz CT molecular complexity index is 957. The van der Waals surface area contributed by atoms with E-state index in [0.717, 1.165) is 12.1 Å². The van der Waals surface area contributed by atoms with E-state index in [1.54, 1.807) is 43.5 Å². The summed E-state index contributed by atoms with van der Waals surface area (Å²) in [5.41, 5.74) is -0.515. The molecule has 3 rings (SSSR count). The number of hydrogen-bond donors (Lipinski definition) is 1. The van der Waals surface area contributed by atoms with Gasteiger partial charge in [0.2, 0.25) is 0 Å². The minimum Gasteiger partial charge on any atom is -0.497 e. The standard InChI is InChI=1S/C20H14ClF2NO3/c1-26-13-6-8-14(9-7-13)27-18-10-5-12(21)11-17(18)24-20(25)19-15(22)3-2-4-16(19)23/h2-11H,1H3,(H,24,25). The van der Waals surface area contributed by atoms with Crippen molar-refractivity contribution in [2.24, 2.45) is 0 Å². The van der Waals surface area contributed by atoms with Gasteiger partial charge < -0.3 is 14.8 Å². The molecule has 138 valence electrons. The second-order valence-corrected chi connectivity index (χ2v) is 5.91. The van der Waals surface area contributed by atoms with E-state index < -0.39 is 23.1 Å². The third kappa shape index (κ3) is 4.35. The summed E-state index contributed by atoms with van der Waals surface area (Å²) in [5.74, 6) is -1.49. The molecule has 7 heteroatoms. The van der Waals surface area contributed by atoms with Crippen molar-refractivity contribution < 1.29 is 23.0 Å². The summed E-state index contributed by atoms with van der Waals surface area (Å²) in [6.45, 7) is 0. The van der Waals surface area contributed by atoms with Gasteiger partial charge in [-0.3, -0.25) is 4.79 Å². The molecule has 0 saturated carbocycles. The van der Waals surface area contributed by atoms with Crippen molar-refractivity contribution in [3.8, 4) is 17.2 Å². The lowest BCUT2D eigenvalue weighted by molar-refractivity contribution is 0.101. The van der Waals surface area contributed by atoms with Crippen LogP contribution < -0.4 is 14.8 Å². The van der Waals surface area contributed by atoms with E-state index in [4.69, 9.17) is 21.1 Å². The summed E-state index contributed by atoms with van der Waals surface area (Å²) < 4.78 is 38.5. The monoisotopic (exact) mass is 389 g/mol. The Morgan fingerprint density at radius 1 is 0.963 bits per heavy atom. The highest BCUT2D eigenvalue weighted by Crippen LogP contribution is 2.33. The zero-order valence-corrected chi connectivity index (χ0v) is 14.9. The molecule has 0 aliphatic carbocycles. The first-order valence-electron chi connectivity index (χ1n) is 7.85. The zero-order valence-electron chi connectivity index (χ0n) is 14.1. The lowest BCUT2D eigenvalue weighted by atomic mass is 10.1. The number of hydrogen-bond acceptors (Lipinski definition) is 3. The Labute approximate surface area is 159 Å². The third-order valence-electron chi connectivity index (χ3n) is 3.67. The molecule has 0 unspecified atom stereocenters. The lowest BCUT2D eigenvalue weighted by Gasteiger charge is -2.13. The van der Waals surface area contributed by atoms with Crippen molar-refractivity contribution in [3.05, 3.63) is 82.9 Å². The molecule has 0 bridgehead atoms. The van der Waals surface area contributed by atoms with Crippen molar-refractivity contribution in [3.63, 3.8) is 0 Å². The maximum absolute atomic E-state index is 13.8. The molecule has 1 N–H and O–H groups in total. The number of amides is 1. The fraction of sp³-hybridized carbons (Fsp3) is 0.0500. The normalized spacial score (nSPS) is 10.4. The Kier molecular flexibility index (Phi) is 5.57. The molecule has 0 heterocycles. The van der Waals surface area contributed by atoms with E-state index in [1.807, 2.05) is 0 Å². The van der Waals surface area contributed by atoms with Crippen LogP contribution in [0.25, 0.3) is 0 Å². The van der Waals surface area contributed by atoms with Crippen molar-refractivity contribution in [1.82, 2.24) is 0 Å². The summed E-state index contributed by atoms with van der Waals surface area (Å²) in [6, 6.07) is 14.5. The van der Waals surface area contributed by atoms with Crippen LogP contribution in [0, 0.1) is 11.6 Å². The summed E-state index contributed by atoms with van der Waals surface area (Å²) in [4.78, 5) is 12.3. The minimum atomic E-state index is -0.966. The van der Waals surface area contributed by atoms with Crippen LogP contribution in [0.2, 0.25) is 5.02 Å². The van der Waals surface area contributed by atoms with Crippen molar-refractivity contribution in [1.29, 1.82) is 0 Å². The number of carbonyl (C=O) groups is 1. The van der Waals surface area contributed by atoms with Gasteiger partial charge in [-0.05, 0) is 54.6 Å². The van der Waals surface area contributed by atoms with Gasteiger partial charge in [0.25, 0.3) is 5.91 Å². The molecular formula is C20H14ClF2NO3. The fourth-order valence-corrected chi connectivity index (χ4v) is 2.53. The van der Waals surface area contributed by atoms with Crippen molar-refractivity contribution in [2.75, 3.05) is 12.4 Å². The topological polar surface area (TPSA) is 47.6 Å². The summed E-state index contributed by atoms with van der Waals surface area (Å²) >= 11 is 5.98. The largest absolute Gasteiger partial charge is 0.497 e. The van der Waals surface area contributed by atoms with E-state index >= 15 is 0 Å². The van der Waals surface area contributed by atoms with Crippen LogP contribution in [0.4, 0.5) is 14.5 Å². The molecule has 3 aromatic rings. The minimum absolute atomic E-state index is 0.172. The predicted molar refractivity (Wildman–Crippen MR) is 98.8 cm³/mol. The Balaban J connectivity index is 1.88. The first kappa shape index (κ1) is 18.7. The summed E-state index contributed by atoms with van der Waals surface area (Å²) in [5, 5.41) is 2.76. The SMILES string of the molecule is COc1ccc(Oc2ccc(Cl)cc2NC(=O)c2c(F)cccc2F)cc1. The number of anilines is 1. The number of methoxy groups -OCH3 is 1. The first-order chi connectivity index (χ1) is 13.0. The predicted octanol–water partition coefficient (Wildman–Crippen LogP) is 5.67. The third-order valence-corrected chi connectivity index (χ3v) is 3.90. The van der Waals surface area contributed by atoms with E-state index in [2.05, 4.69) is 5.32 Å². The first-order valence-corrected chi connectivity index (χ1v) is 8.22. The maximum Gasteiger partial charge on any atom is 0.261 e. The number of ether oxygens (including phenoxy) is 2. The molecule has 4 nitrogen and oxygen atoms in total. The molecule has 0 aliphatic rings. The van der Waals surface area contributed by atoms with E-state index in [1.165, 1.54) is 12.1 Å². The van der Waals surface area contributed by atoms with Gasteiger partial charge >= 0.3 is 0 Å². The van der Waals surface area contributed by atoms with Gasteiger partial charge in [-0.2, -0.15) is 0 Å².